The maximum Gasteiger partial charge on any atom is 0.355 e. The molecule has 30 heavy (non-hydrogen) atoms. The van der Waals surface area contributed by atoms with Gasteiger partial charge in [0.15, 0.2) is 6.10 Å². The Kier molecular flexibility index (Phi) is 6.93. The van der Waals surface area contributed by atoms with E-state index in [-0.39, 0.29) is 28.7 Å². The number of H-pyrrole nitrogens is 1. The number of aromatic amines is 1. The lowest BCUT2D eigenvalue weighted by molar-refractivity contribution is -0.384. The van der Waals surface area contributed by atoms with Crippen molar-refractivity contribution >= 4 is 29.2 Å². The number of hydrogen-bond acceptors (Lipinski definition) is 7. The summed E-state index contributed by atoms with van der Waals surface area (Å²) >= 11 is 0. The Hall–Kier alpha value is -3.69. The number of carbonyl (C=O) groups is 3. The fourth-order valence-electron chi connectivity index (χ4n) is 2.75. The molecule has 10 nitrogen and oxygen atoms in total. The zero-order valence-electron chi connectivity index (χ0n) is 17.3. The molecular formula is C20H23N3O7. The van der Waals surface area contributed by atoms with E-state index < -0.39 is 28.9 Å². The molecule has 0 aliphatic rings. The van der Waals surface area contributed by atoms with Crippen molar-refractivity contribution in [2.75, 3.05) is 5.32 Å². The number of nitro benzene ring substituents is 1. The smallest absolute Gasteiger partial charge is 0.355 e. The third-order valence-corrected chi connectivity index (χ3v) is 4.17. The van der Waals surface area contributed by atoms with Gasteiger partial charge in [0.1, 0.15) is 5.69 Å². The van der Waals surface area contributed by atoms with Gasteiger partial charge in [-0.05, 0) is 46.2 Å². The largest absolute Gasteiger partial charge is 0.459 e. The number of non-ortho nitro benzene ring substituents is 1. The summed E-state index contributed by atoms with van der Waals surface area (Å²) in [6, 6.07) is 5.38. The molecule has 0 radical (unpaired) electrons. The van der Waals surface area contributed by atoms with Gasteiger partial charge in [-0.25, -0.2) is 9.59 Å². The summed E-state index contributed by atoms with van der Waals surface area (Å²) in [6.07, 6.45) is -1.51. The van der Waals surface area contributed by atoms with Crippen LogP contribution in [0.5, 0.6) is 0 Å². The molecule has 0 fully saturated rings. The number of aromatic nitrogens is 1. The summed E-state index contributed by atoms with van der Waals surface area (Å²) in [5.41, 5.74) is 1.09. The molecule has 2 rings (SSSR count). The summed E-state index contributed by atoms with van der Waals surface area (Å²) in [6.45, 7) is 7.99. The van der Waals surface area contributed by atoms with Crippen molar-refractivity contribution in [1.82, 2.24) is 4.98 Å². The predicted octanol–water partition coefficient (Wildman–Crippen LogP) is 3.29. The number of nitro groups is 1. The van der Waals surface area contributed by atoms with Gasteiger partial charge in [0.2, 0.25) is 0 Å². The van der Waals surface area contributed by atoms with Crippen LogP contribution >= 0.6 is 0 Å². The number of benzene rings is 1. The van der Waals surface area contributed by atoms with E-state index in [2.05, 4.69) is 10.3 Å². The second-order valence-electron chi connectivity index (χ2n) is 6.92. The van der Waals surface area contributed by atoms with Gasteiger partial charge in [-0.15, -0.1) is 0 Å². The number of carbonyl (C=O) groups excluding carboxylic acids is 3. The first-order valence-electron chi connectivity index (χ1n) is 9.17. The molecule has 10 heteroatoms. The van der Waals surface area contributed by atoms with Crippen LogP contribution in [0.2, 0.25) is 0 Å². The maximum atomic E-state index is 12.5. The van der Waals surface area contributed by atoms with Crippen LogP contribution in [0.15, 0.2) is 24.3 Å². The monoisotopic (exact) mass is 417 g/mol. The van der Waals surface area contributed by atoms with E-state index in [4.69, 9.17) is 9.47 Å². The molecule has 0 aliphatic heterocycles. The van der Waals surface area contributed by atoms with Crippen LogP contribution in [0.1, 0.15) is 52.9 Å². The highest BCUT2D eigenvalue weighted by Gasteiger charge is 2.27. The van der Waals surface area contributed by atoms with E-state index in [9.17, 15) is 24.5 Å². The Morgan fingerprint density at radius 2 is 1.77 bits per heavy atom. The number of amides is 1. The number of esters is 2. The van der Waals surface area contributed by atoms with Gasteiger partial charge in [0.05, 0.1) is 16.6 Å². The number of nitrogens with zero attached hydrogens (tertiary/aromatic N) is 1. The first-order chi connectivity index (χ1) is 14.0. The van der Waals surface area contributed by atoms with Crippen molar-refractivity contribution < 1.29 is 28.8 Å². The van der Waals surface area contributed by atoms with E-state index in [1.165, 1.54) is 31.2 Å². The average Bonchev–Trinajstić information content (AvgIpc) is 2.95. The van der Waals surface area contributed by atoms with Gasteiger partial charge >= 0.3 is 11.9 Å². The van der Waals surface area contributed by atoms with E-state index in [0.29, 0.717) is 11.3 Å². The third kappa shape index (κ3) is 5.22. The van der Waals surface area contributed by atoms with Crippen LogP contribution in [-0.4, -0.2) is 40.0 Å². The summed E-state index contributed by atoms with van der Waals surface area (Å²) < 4.78 is 10.4. The molecule has 160 valence electrons. The molecule has 1 aromatic carbocycles. The zero-order chi connectivity index (χ0) is 22.6. The zero-order valence-corrected chi connectivity index (χ0v) is 17.3. The van der Waals surface area contributed by atoms with Crippen molar-refractivity contribution in [2.45, 2.75) is 46.8 Å². The van der Waals surface area contributed by atoms with Crippen molar-refractivity contribution in [3.8, 4) is 0 Å². The molecule has 0 spiro atoms. The first-order valence-corrected chi connectivity index (χ1v) is 9.17. The Bertz CT molecular complexity index is 994. The number of ether oxygens (including phenoxy) is 2. The van der Waals surface area contributed by atoms with Crippen LogP contribution in [0, 0.1) is 24.0 Å². The van der Waals surface area contributed by atoms with Gasteiger partial charge in [-0.3, -0.25) is 14.9 Å². The lowest BCUT2D eigenvalue weighted by atomic mass is 10.1. The Morgan fingerprint density at radius 1 is 1.10 bits per heavy atom. The minimum atomic E-state index is -1.19. The Labute approximate surface area is 172 Å². The molecule has 1 unspecified atom stereocenters. The molecule has 1 amide bonds. The van der Waals surface area contributed by atoms with Crippen molar-refractivity contribution in [3.63, 3.8) is 0 Å². The van der Waals surface area contributed by atoms with E-state index in [0.717, 1.165) is 0 Å². The number of anilines is 1. The number of hydrogen-bond donors (Lipinski definition) is 2. The van der Waals surface area contributed by atoms with Gasteiger partial charge < -0.3 is 19.8 Å². The molecule has 1 atom stereocenters. The normalized spacial score (nSPS) is 11.7. The SMILES string of the molecule is Cc1[nH]c(C(=O)OC(C)C(=O)Nc2cccc([N+](=O)[O-])c2)c(C)c1C(=O)OC(C)C. The van der Waals surface area contributed by atoms with E-state index >= 15 is 0 Å². The van der Waals surface area contributed by atoms with Crippen LogP contribution in [0.25, 0.3) is 0 Å². The topological polar surface area (TPSA) is 141 Å². The van der Waals surface area contributed by atoms with Crippen molar-refractivity contribution in [3.05, 3.63) is 56.9 Å². The number of aryl methyl sites for hydroxylation is 1. The molecule has 1 aromatic heterocycles. The standard InChI is InChI=1S/C20H23N3O7/c1-10(2)29-19(25)16-11(3)17(21-12(16)4)20(26)30-13(5)18(24)22-14-7-6-8-15(9-14)23(27)28/h6-10,13,21H,1-5H3,(H,22,24). The predicted molar refractivity (Wildman–Crippen MR) is 107 cm³/mol. The van der Waals surface area contributed by atoms with Gasteiger partial charge in [-0.1, -0.05) is 6.07 Å². The third-order valence-electron chi connectivity index (χ3n) is 4.17. The van der Waals surface area contributed by atoms with Crippen LogP contribution in [-0.2, 0) is 14.3 Å². The maximum absolute atomic E-state index is 12.5. The minimum absolute atomic E-state index is 0.0400. The fourth-order valence-corrected chi connectivity index (χ4v) is 2.75. The fraction of sp³-hybridized carbons (Fsp3) is 0.350. The van der Waals surface area contributed by atoms with Crippen LogP contribution in [0.3, 0.4) is 0 Å². The van der Waals surface area contributed by atoms with Crippen molar-refractivity contribution in [2.24, 2.45) is 0 Å². The summed E-state index contributed by atoms with van der Waals surface area (Å²) in [7, 11) is 0. The number of rotatable bonds is 7. The first kappa shape index (κ1) is 22.6. The molecule has 0 saturated heterocycles. The molecule has 1 heterocycles. The molecular weight excluding hydrogens is 394 g/mol. The van der Waals surface area contributed by atoms with Gasteiger partial charge in [0.25, 0.3) is 11.6 Å². The van der Waals surface area contributed by atoms with Crippen LogP contribution in [0.4, 0.5) is 11.4 Å². The highest BCUT2D eigenvalue weighted by atomic mass is 16.6. The lowest BCUT2D eigenvalue weighted by Crippen LogP contribution is -2.30. The summed E-state index contributed by atoms with van der Waals surface area (Å²) in [4.78, 5) is 50.1. The second-order valence-corrected chi connectivity index (χ2v) is 6.92. The average molecular weight is 417 g/mol. The molecule has 2 N–H and O–H groups in total. The van der Waals surface area contributed by atoms with Gasteiger partial charge in [0, 0.05) is 23.5 Å². The van der Waals surface area contributed by atoms with E-state index in [1.54, 1.807) is 27.7 Å². The molecule has 0 bridgehead atoms. The van der Waals surface area contributed by atoms with Gasteiger partial charge in [-0.2, -0.15) is 0 Å². The summed E-state index contributed by atoms with van der Waals surface area (Å²) in [5.74, 6) is -2.04. The number of nitrogens with one attached hydrogen (secondary N) is 2. The highest BCUT2D eigenvalue weighted by molar-refractivity contribution is 6.00. The lowest BCUT2D eigenvalue weighted by Gasteiger charge is -2.13. The minimum Gasteiger partial charge on any atom is -0.459 e. The molecule has 2 aromatic rings. The molecule has 0 saturated carbocycles. The summed E-state index contributed by atoms with van der Waals surface area (Å²) in [5, 5.41) is 13.3. The quantitative estimate of drug-likeness (QED) is 0.400. The highest BCUT2D eigenvalue weighted by Crippen LogP contribution is 2.21. The van der Waals surface area contributed by atoms with Crippen LogP contribution < -0.4 is 5.32 Å². The van der Waals surface area contributed by atoms with E-state index in [1.807, 2.05) is 0 Å². The second kappa shape index (κ2) is 9.21. The Morgan fingerprint density at radius 3 is 2.37 bits per heavy atom. The van der Waals surface area contributed by atoms with Crippen molar-refractivity contribution in [1.29, 1.82) is 0 Å². The Balaban J connectivity index is 2.10. The molecule has 0 aliphatic carbocycles.